The summed E-state index contributed by atoms with van der Waals surface area (Å²) in [4.78, 5) is 108. The van der Waals surface area contributed by atoms with E-state index < -0.39 is 90.7 Å². The average Bonchev–Trinajstić information content (AvgIpc) is 3.62. The van der Waals surface area contributed by atoms with Gasteiger partial charge in [-0.15, -0.1) is 0 Å². The number of nitrogens with zero attached hydrogens (tertiary/aromatic N) is 1. The molecule has 68 heavy (non-hydrogen) atoms. The molecule has 0 heterocycles. The number of carbonyl (C=O) groups is 8. The molecule has 23 nitrogen and oxygen atoms in total. The second-order valence-corrected chi connectivity index (χ2v) is 16.3. The summed E-state index contributed by atoms with van der Waals surface area (Å²) in [5, 5.41) is 33.8. The molecule has 2 aromatic carbocycles. The second-order valence-electron chi connectivity index (χ2n) is 16.3. The maximum absolute atomic E-state index is 14.0. The van der Waals surface area contributed by atoms with Gasteiger partial charge in [0.2, 0.25) is 29.5 Å². The number of carboxylic acids is 2. The predicted molar refractivity (Wildman–Crippen MR) is 251 cm³/mol. The van der Waals surface area contributed by atoms with Crippen LogP contribution in [0.3, 0.4) is 0 Å². The summed E-state index contributed by atoms with van der Waals surface area (Å²) in [7, 11) is 0. The summed E-state index contributed by atoms with van der Waals surface area (Å²) in [5.41, 5.74) is 31.9. The molecule has 0 aliphatic heterocycles. The molecule has 1 aliphatic rings. The van der Waals surface area contributed by atoms with Gasteiger partial charge in [-0.25, -0.2) is 9.59 Å². The lowest BCUT2D eigenvalue weighted by Crippen LogP contribution is -2.57. The SMILES string of the molecule is NCCCC[C@H](NC(=O)[C@H](CC(=O)O)NC(=O)CNC(=O)[C@H](CCCN=C(N)N)NC(=O)[C@H](CCCCN)NC(=O)[C@H](CCCCN)NC(=O)OCC1c2ccccc2-c2ccccc21)C(=O)O. The topological polar surface area (TPSA) is 401 Å². The van der Waals surface area contributed by atoms with Gasteiger partial charge in [-0.1, -0.05) is 48.5 Å². The first kappa shape index (κ1) is 55.5. The molecule has 0 radical (unpaired) electrons. The minimum Gasteiger partial charge on any atom is -0.481 e. The summed E-state index contributed by atoms with van der Waals surface area (Å²) in [6, 6.07) is 8.88. The average molecular weight is 953 g/mol. The van der Waals surface area contributed by atoms with E-state index in [1.165, 1.54) is 0 Å². The highest BCUT2D eigenvalue weighted by Gasteiger charge is 2.33. The zero-order chi connectivity index (χ0) is 50.0. The number of unbranched alkanes of at least 4 members (excludes halogenated alkanes) is 3. The van der Waals surface area contributed by atoms with Gasteiger partial charge in [-0.2, -0.15) is 0 Å². The summed E-state index contributed by atoms with van der Waals surface area (Å²) in [6.07, 6.45) is 1.31. The molecule has 6 amide bonds. The zero-order valence-electron chi connectivity index (χ0n) is 38.2. The normalized spacial score (nSPS) is 13.8. The van der Waals surface area contributed by atoms with Crippen LogP contribution in [0.4, 0.5) is 4.79 Å². The first-order chi connectivity index (χ1) is 32.6. The third-order valence-corrected chi connectivity index (χ3v) is 11.1. The van der Waals surface area contributed by atoms with Crippen molar-refractivity contribution in [3.05, 3.63) is 59.7 Å². The Kier molecular flexibility index (Phi) is 24.2. The molecular formula is C45H68N12O11. The van der Waals surface area contributed by atoms with Crippen LogP contribution >= 0.6 is 0 Å². The lowest BCUT2D eigenvalue weighted by Gasteiger charge is -2.26. The van der Waals surface area contributed by atoms with Crippen LogP contribution in [0.25, 0.3) is 11.1 Å². The van der Waals surface area contributed by atoms with E-state index in [0.717, 1.165) is 22.3 Å². The third kappa shape index (κ3) is 18.8. The van der Waals surface area contributed by atoms with E-state index in [9.17, 15) is 48.6 Å². The smallest absolute Gasteiger partial charge is 0.407 e. The van der Waals surface area contributed by atoms with Gasteiger partial charge in [0.1, 0.15) is 36.8 Å². The molecule has 0 aromatic heterocycles. The van der Waals surface area contributed by atoms with Gasteiger partial charge in [-0.05, 0) is 113 Å². The highest BCUT2D eigenvalue weighted by Crippen LogP contribution is 2.44. The van der Waals surface area contributed by atoms with Gasteiger partial charge < -0.3 is 75.5 Å². The molecule has 23 heteroatoms. The molecule has 374 valence electrons. The van der Waals surface area contributed by atoms with Crippen molar-refractivity contribution in [3.63, 3.8) is 0 Å². The van der Waals surface area contributed by atoms with Crippen LogP contribution in [0.1, 0.15) is 94.1 Å². The second kappa shape index (κ2) is 29.7. The Labute approximate surface area is 394 Å². The van der Waals surface area contributed by atoms with Crippen LogP contribution < -0.4 is 60.6 Å². The van der Waals surface area contributed by atoms with Gasteiger partial charge in [0, 0.05) is 12.5 Å². The molecule has 0 saturated carbocycles. The van der Waals surface area contributed by atoms with Gasteiger partial charge in [0.15, 0.2) is 5.96 Å². The fraction of sp³-hybridized carbons (Fsp3) is 0.533. The van der Waals surface area contributed by atoms with Gasteiger partial charge in [0.05, 0.1) is 13.0 Å². The van der Waals surface area contributed by atoms with E-state index in [-0.39, 0.29) is 70.2 Å². The number of fused-ring (bicyclic) bond motifs is 3. The molecule has 0 bridgehead atoms. The van der Waals surface area contributed by atoms with Gasteiger partial charge in [-0.3, -0.25) is 33.8 Å². The van der Waals surface area contributed by atoms with E-state index in [1.54, 1.807) is 0 Å². The number of carboxylic acid groups (broad SMARTS) is 2. The van der Waals surface area contributed by atoms with Crippen LogP contribution in [0.5, 0.6) is 0 Å². The fourth-order valence-corrected chi connectivity index (χ4v) is 7.56. The Balaban J connectivity index is 1.74. The summed E-state index contributed by atoms with van der Waals surface area (Å²) in [5.74, 6) is -7.71. The molecule has 2 aromatic rings. The number of carbonyl (C=O) groups excluding carboxylic acids is 6. The number of aliphatic carboxylic acids is 2. The number of guanidine groups is 1. The van der Waals surface area contributed by atoms with Crippen LogP contribution in [0.2, 0.25) is 0 Å². The number of aliphatic imine (C=N–C) groups is 1. The van der Waals surface area contributed by atoms with Crippen molar-refractivity contribution >= 4 is 53.5 Å². The Morgan fingerprint density at radius 1 is 0.574 bits per heavy atom. The number of benzene rings is 2. The number of amides is 6. The molecule has 0 unspecified atom stereocenters. The standard InChI is InChI=1S/C45H68N12O11/c46-20-8-5-16-33(55-41(63)34(17-6-9-21-47)57-45(67)68-26-31-29-14-3-1-12-27(29)28-13-2-4-15-30(28)31)40(62)54-32(19-11-23-51-44(49)50)39(61)52-25-37(58)53-36(24-38(59)60)42(64)56-35(43(65)66)18-7-10-22-48/h1-4,12-15,31-36H,5-11,16-26,46-48H2,(H,52,61)(H,53,58)(H,54,62)(H,55,63)(H,56,64)(H,57,67)(H,59,60)(H,65,66)(H4,49,50,51)/t32-,33-,34-,35-,36-/m0/s1. The largest absolute Gasteiger partial charge is 0.481 e. The highest BCUT2D eigenvalue weighted by atomic mass is 16.5. The minimum atomic E-state index is -1.71. The van der Waals surface area contributed by atoms with Crippen molar-refractivity contribution < 1.29 is 53.3 Å². The first-order valence-corrected chi connectivity index (χ1v) is 22.8. The maximum Gasteiger partial charge on any atom is 0.407 e. The van der Waals surface area contributed by atoms with Crippen molar-refractivity contribution in [1.82, 2.24) is 31.9 Å². The van der Waals surface area contributed by atoms with Gasteiger partial charge >= 0.3 is 18.0 Å². The van der Waals surface area contributed by atoms with Crippen LogP contribution in [0, 0.1) is 0 Å². The predicted octanol–water partition coefficient (Wildman–Crippen LogP) is -1.05. The van der Waals surface area contributed by atoms with Crippen LogP contribution in [-0.2, 0) is 38.3 Å². The first-order valence-electron chi connectivity index (χ1n) is 22.8. The molecule has 1 aliphatic carbocycles. The molecule has 18 N–H and O–H groups in total. The molecule has 0 fully saturated rings. The Bertz CT molecular complexity index is 2010. The van der Waals surface area contributed by atoms with Crippen molar-refractivity contribution in [2.24, 2.45) is 33.7 Å². The number of hydrogen-bond acceptors (Lipinski definition) is 13. The molecule has 5 atom stereocenters. The monoisotopic (exact) mass is 953 g/mol. The lowest BCUT2D eigenvalue weighted by atomic mass is 9.98. The Hall–Kier alpha value is -6.85. The zero-order valence-corrected chi connectivity index (χ0v) is 38.2. The Morgan fingerprint density at radius 2 is 1.03 bits per heavy atom. The van der Waals surface area contributed by atoms with E-state index >= 15 is 0 Å². The number of nitrogens with one attached hydrogen (secondary N) is 6. The Morgan fingerprint density at radius 3 is 1.53 bits per heavy atom. The molecule has 0 spiro atoms. The lowest BCUT2D eigenvalue weighted by molar-refractivity contribution is -0.143. The van der Waals surface area contributed by atoms with Crippen molar-refractivity contribution in [2.75, 3.05) is 39.3 Å². The third-order valence-electron chi connectivity index (χ3n) is 11.1. The summed E-state index contributed by atoms with van der Waals surface area (Å²) < 4.78 is 5.71. The van der Waals surface area contributed by atoms with Crippen molar-refractivity contribution in [3.8, 4) is 11.1 Å². The number of hydrogen-bond donors (Lipinski definition) is 13. The van der Waals surface area contributed by atoms with E-state index in [2.05, 4.69) is 36.9 Å². The summed E-state index contributed by atoms with van der Waals surface area (Å²) >= 11 is 0. The number of ether oxygens (including phenoxy) is 1. The maximum atomic E-state index is 14.0. The van der Waals surface area contributed by atoms with Crippen molar-refractivity contribution in [2.45, 2.75) is 113 Å². The number of alkyl carbamates (subject to hydrolysis) is 1. The van der Waals surface area contributed by atoms with Crippen LogP contribution in [0.15, 0.2) is 53.5 Å². The molecule has 3 rings (SSSR count). The quantitative estimate of drug-likeness (QED) is 0.0236. The number of nitrogens with two attached hydrogens (primary N) is 5. The fourth-order valence-electron chi connectivity index (χ4n) is 7.56. The van der Waals surface area contributed by atoms with Crippen LogP contribution in [-0.4, -0.2) is 133 Å². The molecule has 0 saturated heterocycles. The van der Waals surface area contributed by atoms with E-state index in [1.807, 2.05) is 48.5 Å². The summed E-state index contributed by atoms with van der Waals surface area (Å²) in [6.45, 7) is 0.175. The van der Waals surface area contributed by atoms with E-state index in [4.69, 9.17) is 33.4 Å². The highest BCUT2D eigenvalue weighted by molar-refractivity contribution is 5.96. The van der Waals surface area contributed by atoms with Crippen molar-refractivity contribution in [1.29, 1.82) is 0 Å². The van der Waals surface area contributed by atoms with E-state index in [0.29, 0.717) is 45.1 Å². The molecular weight excluding hydrogens is 885 g/mol. The number of rotatable bonds is 32. The minimum absolute atomic E-state index is 0.00313. The van der Waals surface area contributed by atoms with Gasteiger partial charge in [0.25, 0.3) is 0 Å².